The molecule has 2 aromatic heterocycles. The van der Waals surface area contributed by atoms with E-state index in [1.165, 1.54) is 17.0 Å². The summed E-state index contributed by atoms with van der Waals surface area (Å²) in [7, 11) is 0. The van der Waals surface area contributed by atoms with Gasteiger partial charge in [-0.3, -0.25) is 0 Å². The number of hydrogen-bond acceptors (Lipinski definition) is 4. The second kappa shape index (κ2) is 6.84. The number of thiophene rings is 1. The van der Waals surface area contributed by atoms with Gasteiger partial charge in [0.1, 0.15) is 18.2 Å². The number of fused-ring (bicyclic) bond motifs is 1. The van der Waals surface area contributed by atoms with Crippen molar-refractivity contribution in [1.29, 1.82) is 0 Å². The van der Waals surface area contributed by atoms with Crippen molar-refractivity contribution in [3.8, 4) is 11.3 Å². The highest BCUT2D eigenvalue weighted by Gasteiger charge is 2.22. The normalized spacial score (nSPS) is 17.0. The van der Waals surface area contributed by atoms with Crippen molar-refractivity contribution in [1.82, 2.24) is 14.9 Å². The molecule has 1 unspecified atom stereocenters. The lowest BCUT2D eigenvalue weighted by molar-refractivity contribution is 0.00329. The number of ether oxygens (including phenoxy) is 1. The number of halogens is 1. The number of imidazole rings is 1. The first-order chi connectivity index (χ1) is 11.8. The molecule has 1 aliphatic rings. The highest BCUT2D eigenvalue weighted by molar-refractivity contribution is 7.09. The average Bonchev–Trinajstić information content (AvgIpc) is 3.25. The molecule has 0 bridgehead atoms. The average molecular weight is 343 g/mol. The summed E-state index contributed by atoms with van der Waals surface area (Å²) in [5.41, 5.74) is 1.99. The van der Waals surface area contributed by atoms with Crippen LogP contribution in [0.4, 0.5) is 4.39 Å². The topological polar surface area (TPSA) is 39.1 Å². The van der Waals surface area contributed by atoms with Gasteiger partial charge < -0.3 is 14.6 Å². The zero-order valence-corrected chi connectivity index (χ0v) is 13.9. The van der Waals surface area contributed by atoms with Gasteiger partial charge in [-0.1, -0.05) is 6.07 Å². The minimum Gasteiger partial charge on any atom is -0.367 e. The number of hydrogen-bond donors (Lipinski definition) is 1. The zero-order valence-electron chi connectivity index (χ0n) is 13.1. The second-order valence-corrected chi connectivity index (χ2v) is 6.85. The standard InChI is InChI=1S/C18H18FN3OS/c19-14-5-3-13(4-6-14)17-10-21-18-12-23-15(11-22(17)18)8-20-9-16-2-1-7-24-16/h1-7,10,15,20H,8-9,11-12H2. The lowest BCUT2D eigenvalue weighted by Crippen LogP contribution is -2.36. The maximum Gasteiger partial charge on any atom is 0.135 e. The van der Waals surface area contributed by atoms with Crippen molar-refractivity contribution >= 4 is 11.3 Å². The smallest absolute Gasteiger partial charge is 0.135 e. The first-order valence-electron chi connectivity index (χ1n) is 7.94. The van der Waals surface area contributed by atoms with Gasteiger partial charge in [0.2, 0.25) is 0 Å². The van der Waals surface area contributed by atoms with E-state index in [0.717, 1.165) is 36.7 Å². The number of benzene rings is 1. The molecular weight excluding hydrogens is 325 g/mol. The molecule has 3 aromatic rings. The van der Waals surface area contributed by atoms with E-state index >= 15 is 0 Å². The molecule has 0 amide bonds. The van der Waals surface area contributed by atoms with Crippen LogP contribution in [0.1, 0.15) is 10.7 Å². The van der Waals surface area contributed by atoms with E-state index in [0.29, 0.717) is 6.61 Å². The maximum atomic E-state index is 13.1. The molecule has 6 heteroatoms. The fraction of sp³-hybridized carbons (Fsp3) is 0.278. The molecule has 0 fully saturated rings. The van der Waals surface area contributed by atoms with Crippen LogP contribution in [0.2, 0.25) is 0 Å². The van der Waals surface area contributed by atoms with Crippen molar-refractivity contribution in [2.75, 3.05) is 6.54 Å². The molecule has 0 saturated heterocycles. The molecule has 24 heavy (non-hydrogen) atoms. The van der Waals surface area contributed by atoms with Crippen LogP contribution in [0.15, 0.2) is 48.0 Å². The van der Waals surface area contributed by atoms with E-state index in [2.05, 4.69) is 32.4 Å². The molecule has 4 nitrogen and oxygen atoms in total. The summed E-state index contributed by atoms with van der Waals surface area (Å²) in [5.74, 6) is 0.694. The fourth-order valence-electron chi connectivity index (χ4n) is 2.93. The van der Waals surface area contributed by atoms with Crippen LogP contribution in [0.3, 0.4) is 0 Å². The van der Waals surface area contributed by atoms with Crippen LogP contribution >= 0.6 is 11.3 Å². The van der Waals surface area contributed by atoms with Crippen molar-refractivity contribution in [3.63, 3.8) is 0 Å². The molecule has 1 aromatic carbocycles. The number of nitrogens with one attached hydrogen (secondary N) is 1. The number of rotatable bonds is 5. The SMILES string of the molecule is Fc1ccc(-c2cnc3n2CC(CNCc2cccs2)OC3)cc1. The van der Waals surface area contributed by atoms with Gasteiger partial charge in [-0.2, -0.15) is 0 Å². The van der Waals surface area contributed by atoms with Crippen molar-refractivity contribution in [2.45, 2.75) is 25.8 Å². The highest BCUT2D eigenvalue weighted by Crippen LogP contribution is 2.25. The third kappa shape index (κ3) is 3.26. The third-order valence-electron chi connectivity index (χ3n) is 4.16. The summed E-state index contributed by atoms with van der Waals surface area (Å²) >= 11 is 1.75. The van der Waals surface area contributed by atoms with E-state index in [1.54, 1.807) is 23.5 Å². The summed E-state index contributed by atoms with van der Waals surface area (Å²) < 4.78 is 21.2. The summed E-state index contributed by atoms with van der Waals surface area (Å²) in [6.45, 7) is 2.91. The summed E-state index contributed by atoms with van der Waals surface area (Å²) in [6, 6.07) is 10.7. The maximum absolute atomic E-state index is 13.1. The quantitative estimate of drug-likeness (QED) is 0.771. The van der Waals surface area contributed by atoms with Crippen LogP contribution in [-0.4, -0.2) is 22.2 Å². The predicted molar refractivity (Wildman–Crippen MR) is 92.2 cm³/mol. The first kappa shape index (κ1) is 15.5. The van der Waals surface area contributed by atoms with Gasteiger partial charge >= 0.3 is 0 Å². The Morgan fingerprint density at radius 1 is 1.29 bits per heavy atom. The van der Waals surface area contributed by atoms with E-state index in [9.17, 15) is 4.39 Å². The largest absolute Gasteiger partial charge is 0.367 e. The van der Waals surface area contributed by atoms with Crippen LogP contribution in [0.5, 0.6) is 0 Å². The Morgan fingerprint density at radius 2 is 2.17 bits per heavy atom. The Balaban J connectivity index is 1.44. The summed E-state index contributed by atoms with van der Waals surface area (Å²) in [6.07, 6.45) is 1.94. The molecule has 1 N–H and O–H groups in total. The Kier molecular flexibility index (Phi) is 4.42. The molecular formula is C18H18FN3OS. The van der Waals surface area contributed by atoms with E-state index < -0.39 is 0 Å². The Bertz CT molecular complexity index is 798. The van der Waals surface area contributed by atoms with Crippen LogP contribution < -0.4 is 5.32 Å². The number of nitrogens with zero attached hydrogens (tertiary/aromatic N) is 2. The van der Waals surface area contributed by atoms with Crippen molar-refractivity contribution in [3.05, 3.63) is 64.5 Å². The van der Waals surface area contributed by atoms with Gasteiger partial charge in [-0.25, -0.2) is 9.37 Å². The molecule has 1 atom stereocenters. The van der Waals surface area contributed by atoms with Gasteiger partial charge in [-0.05, 0) is 41.3 Å². The molecule has 0 radical (unpaired) electrons. The molecule has 124 valence electrons. The molecule has 0 spiro atoms. The molecule has 0 saturated carbocycles. The molecule has 3 heterocycles. The van der Waals surface area contributed by atoms with Gasteiger partial charge in [0.05, 0.1) is 24.5 Å². The van der Waals surface area contributed by atoms with Gasteiger partial charge in [0, 0.05) is 18.0 Å². The predicted octanol–water partition coefficient (Wildman–Crippen LogP) is 3.44. The monoisotopic (exact) mass is 343 g/mol. The van der Waals surface area contributed by atoms with Gasteiger partial charge in [0.25, 0.3) is 0 Å². The minimum absolute atomic E-state index is 0.103. The molecule has 0 aliphatic carbocycles. The lowest BCUT2D eigenvalue weighted by atomic mass is 10.1. The van der Waals surface area contributed by atoms with Crippen LogP contribution in [-0.2, 0) is 24.4 Å². The van der Waals surface area contributed by atoms with Crippen molar-refractivity contribution in [2.24, 2.45) is 0 Å². The Hall–Kier alpha value is -2.02. The Morgan fingerprint density at radius 3 is 2.96 bits per heavy atom. The molecule has 4 rings (SSSR count). The van der Waals surface area contributed by atoms with E-state index in [1.807, 2.05) is 6.20 Å². The van der Waals surface area contributed by atoms with Gasteiger partial charge in [-0.15, -0.1) is 11.3 Å². The minimum atomic E-state index is -0.226. The third-order valence-corrected chi connectivity index (χ3v) is 5.04. The summed E-state index contributed by atoms with van der Waals surface area (Å²) in [5, 5.41) is 5.53. The van der Waals surface area contributed by atoms with Gasteiger partial charge in [0.15, 0.2) is 0 Å². The lowest BCUT2D eigenvalue weighted by Gasteiger charge is -2.26. The second-order valence-electron chi connectivity index (χ2n) is 5.82. The Labute approximate surface area is 143 Å². The zero-order chi connectivity index (χ0) is 16.4. The number of aromatic nitrogens is 2. The summed E-state index contributed by atoms with van der Waals surface area (Å²) in [4.78, 5) is 5.76. The molecule has 1 aliphatic heterocycles. The highest BCUT2D eigenvalue weighted by atomic mass is 32.1. The fourth-order valence-corrected chi connectivity index (χ4v) is 3.60. The van der Waals surface area contributed by atoms with E-state index in [-0.39, 0.29) is 11.9 Å². The van der Waals surface area contributed by atoms with E-state index in [4.69, 9.17) is 4.74 Å². The van der Waals surface area contributed by atoms with Crippen molar-refractivity contribution < 1.29 is 9.13 Å². The van der Waals surface area contributed by atoms with Crippen LogP contribution in [0.25, 0.3) is 11.3 Å². The van der Waals surface area contributed by atoms with Crippen LogP contribution in [0, 0.1) is 5.82 Å². The first-order valence-corrected chi connectivity index (χ1v) is 8.82.